The number of hydrogen-bond acceptors (Lipinski definition) is 2. The van der Waals surface area contributed by atoms with Crippen LogP contribution in [0, 0.1) is 11.6 Å². The van der Waals surface area contributed by atoms with Crippen LogP contribution in [0.25, 0.3) is 0 Å². The van der Waals surface area contributed by atoms with Crippen LogP contribution in [0.2, 0.25) is 5.02 Å². The van der Waals surface area contributed by atoms with Crippen molar-refractivity contribution in [1.29, 1.82) is 0 Å². The quantitative estimate of drug-likeness (QED) is 0.829. The van der Waals surface area contributed by atoms with Crippen molar-refractivity contribution in [2.24, 2.45) is 0 Å². The van der Waals surface area contributed by atoms with Crippen LogP contribution in [0.1, 0.15) is 10.4 Å². The Kier molecular flexibility index (Phi) is 3.66. The Labute approximate surface area is 113 Å². The van der Waals surface area contributed by atoms with Gasteiger partial charge in [-0.3, -0.25) is 4.79 Å². The molecule has 1 amide bonds. The number of amides is 1. The van der Waals surface area contributed by atoms with Gasteiger partial charge in [-0.2, -0.15) is 0 Å². The molecule has 0 bridgehead atoms. The van der Waals surface area contributed by atoms with Crippen molar-refractivity contribution in [3.8, 4) is 0 Å². The summed E-state index contributed by atoms with van der Waals surface area (Å²) >= 11 is 5.69. The fraction of sp³-hybridized carbons (Fsp3) is 0. The Morgan fingerprint density at radius 1 is 1.11 bits per heavy atom. The molecule has 0 atom stereocenters. The molecular weight excluding hydrogens is 274 g/mol. The molecule has 0 fully saturated rings. The number of benzene rings is 2. The second-order valence-electron chi connectivity index (χ2n) is 3.82. The summed E-state index contributed by atoms with van der Waals surface area (Å²) in [6.07, 6.45) is 0. The molecule has 2 rings (SSSR count). The van der Waals surface area contributed by atoms with Crippen LogP contribution in [0.3, 0.4) is 0 Å². The maximum atomic E-state index is 13.5. The van der Waals surface area contributed by atoms with Crippen molar-refractivity contribution < 1.29 is 13.6 Å². The van der Waals surface area contributed by atoms with Crippen LogP contribution < -0.4 is 11.1 Å². The zero-order valence-electron chi connectivity index (χ0n) is 9.58. The minimum absolute atomic E-state index is 0.117. The highest BCUT2D eigenvalue weighted by Crippen LogP contribution is 2.21. The summed E-state index contributed by atoms with van der Waals surface area (Å²) in [5.41, 5.74) is 5.23. The molecular formula is C13H9ClF2N2O. The Hall–Kier alpha value is -2.14. The monoisotopic (exact) mass is 282 g/mol. The number of hydrogen-bond donors (Lipinski definition) is 2. The van der Waals surface area contributed by atoms with Gasteiger partial charge in [0.1, 0.15) is 11.6 Å². The SMILES string of the molecule is Nc1ccc(C(=O)Nc2cc(Cl)ccc2F)c(F)c1. The molecule has 0 heterocycles. The number of nitrogens with one attached hydrogen (secondary N) is 1. The molecule has 0 saturated carbocycles. The minimum Gasteiger partial charge on any atom is -0.399 e. The molecule has 0 spiro atoms. The molecule has 0 aliphatic heterocycles. The van der Waals surface area contributed by atoms with Gasteiger partial charge in [-0.15, -0.1) is 0 Å². The van der Waals surface area contributed by atoms with E-state index in [0.717, 1.165) is 12.1 Å². The van der Waals surface area contributed by atoms with Crippen LogP contribution in [0.5, 0.6) is 0 Å². The van der Waals surface area contributed by atoms with Crippen LogP contribution in [-0.2, 0) is 0 Å². The van der Waals surface area contributed by atoms with Gasteiger partial charge in [-0.1, -0.05) is 11.6 Å². The van der Waals surface area contributed by atoms with E-state index in [2.05, 4.69) is 5.32 Å². The third-order valence-corrected chi connectivity index (χ3v) is 2.65. The number of halogens is 3. The van der Waals surface area contributed by atoms with E-state index in [1.165, 1.54) is 24.3 Å². The first-order chi connectivity index (χ1) is 8.97. The number of rotatable bonds is 2. The van der Waals surface area contributed by atoms with E-state index >= 15 is 0 Å². The van der Waals surface area contributed by atoms with E-state index in [4.69, 9.17) is 17.3 Å². The first-order valence-corrected chi connectivity index (χ1v) is 5.66. The number of nitrogens with two attached hydrogens (primary N) is 1. The maximum absolute atomic E-state index is 13.5. The number of carbonyl (C=O) groups excluding carboxylic acids is 1. The van der Waals surface area contributed by atoms with Crippen molar-refractivity contribution in [2.45, 2.75) is 0 Å². The van der Waals surface area contributed by atoms with Gasteiger partial charge in [0, 0.05) is 10.7 Å². The van der Waals surface area contributed by atoms with Gasteiger partial charge in [0.05, 0.1) is 11.3 Å². The van der Waals surface area contributed by atoms with Gasteiger partial charge < -0.3 is 11.1 Å². The largest absolute Gasteiger partial charge is 0.399 e. The average molecular weight is 283 g/mol. The Bertz CT molecular complexity index is 647. The first kappa shape index (κ1) is 13.3. The summed E-state index contributed by atoms with van der Waals surface area (Å²) in [5.74, 6) is -2.22. The fourth-order valence-electron chi connectivity index (χ4n) is 1.50. The molecule has 3 nitrogen and oxygen atoms in total. The molecule has 0 saturated heterocycles. The Morgan fingerprint density at radius 2 is 1.84 bits per heavy atom. The summed E-state index contributed by atoms with van der Waals surface area (Å²) in [4.78, 5) is 11.8. The molecule has 2 aromatic carbocycles. The summed E-state index contributed by atoms with van der Waals surface area (Å²) in [5, 5.41) is 2.51. The molecule has 3 N–H and O–H groups in total. The van der Waals surface area contributed by atoms with Gasteiger partial charge in [0.15, 0.2) is 0 Å². The Balaban J connectivity index is 2.28. The minimum atomic E-state index is -0.779. The van der Waals surface area contributed by atoms with Crippen LogP contribution in [0.4, 0.5) is 20.2 Å². The summed E-state index contributed by atoms with van der Waals surface area (Å²) in [6, 6.07) is 7.32. The van der Waals surface area contributed by atoms with Gasteiger partial charge in [0.2, 0.25) is 0 Å². The van der Waals surface area contributed by atoms with Gasteiger partial charge in [-0.25, -0.2) is 8.78 Å². The van der Waals surface area contributed by atoms with E-state index in [-0.39, 0.29) is 22.0 Å². The highest BCUT2D eigenvalue weighted by Gasteiger charge is 2.14. The van der Waals surface area contributed by atoms with E-state index in [1.807, 2.05) is 0 Å². The standard InChI is InChI=1S/C13H9ClF2N2O/c14-7-1-4-10(15)12(5-7)18-13(19)9-3-2-8(17)6-11(9)16/h1-6H,17H2,(H,18,19). The van der Waals surface area contributed by atoms with Crippen LogP contribution in [0.15, 0.2) is 36.4 Å². The Morgan fingerprint density at radius 3 is 2.53 bits per heavy atom. The van der Waals surface area contributed by atoms with Crippen molar-refractivity contribution in [2.75, 3.05) is 11.1 Å². The smallest absolute Gasteiger partial charge is 0.258 e. The summed E-state index contributed by atoms with van der Waals surface area (Å²) in [6.45, 7) is 0. The predicted octanol–water partition coefficient (Wildman–Crippen LogP) is 3.45. The normalized spacial score (nSPS) is 10.3. The summed E-state index contributed by atoms with van der Waals surface area (Å²) < 4.78 is 26.9. The highest BCUT2D eigenvalue weighted by molar-refractivity contribution is 6.31. The highest BCUT2D eigenvalue weighted by atomic mass is 35.5. The van der Waals surface area contributed by atoms with Crippen LogP contribution >= 0.6 is 11.6 Å². The third-order valence-electron chi connectivity index (χ3n) is 2.41. The zero-order valence-corrected chi connectivity index (χ0v) is 10.3. The zero-order chi connectivity index (χ0) is 14.0. The van der Waals surface area contributed by atoms with Gasteiger partial charge >= 0.3 is 0 Å². The fourth-order valence-corrected chi connectivity index (χ4v) is 1.67. The topological polar surface area (TPSA) is 55.1 Å². The van der Waals surface area contributed by atoms with E-state index < -0.39 is 17.5 Å². The molecule has 19 heavy (non-hydrogen) atoms. The van der Waals surface area contributed by atoms with Gasteiger partial charge in [0.25, 0.3) is 5.91 Å². The molecule has 0 aliphatic carbocycles. The second-order valence-corrected chi connectivity index (χ2v) is 4.25. The first-order valence-electron chi connectivity index (χ1n) is 5.29. The number of anilines is 2. The third kappa shape index (κ3) is 3.00. The van der Waals surface area contributed by atoms with E-state index in [0.29, 0.717) is 0 Å². The molecule has 0 aliphatic rings. The summed E-state index contributed by atoms with van der Waals surface area (Å²) in [7, 11) is 0. The lowest BCUT2D eigenvalue weighted by atomic mass is 10.1. The van der Waals surface area contributed by atoms with Crippen LogP contribution in [-0.4, -0.2) is 5.91 Å². The molecule has 0 aromatic heterocycles. The lowest BCUT2D eigenvalue weighted by Crippen LogP contribution is -2.15. The van der Waals surface area contributed by atoms with Crippen molar-refractivity contribution in [3.05, 3.63) is 58.6 Å². The molecule has 6 heteroatoms. The van der Waals surface area contributed by atoms with E-state index in [1.54, 1.807) is 0 Å². The van der Waals surface area contributed by atoms with Crippen molar-refractivity contribution >= 4 is 28.9 Å². The maximum Gasteiger partial charge on any atom is 0.258 e. The van der Waals surface area contributed by atoms with Crippen molar-refractivity contribution in [3.63, 3.8) is 0 Å². The predicted molar refractivity (Wildman–Crippen MR) is 70.2 cm³/mol. The average Bonchev–Trinajstić information content (AvgIpc) is 2.33. The molecule has 0 radical (unpaired) electrons. The second kappa shape index (κ2) is 5.24. The number of nitrogen functional groups attached to an aromatic ring is 1. The lowest BCUT2D eigenvalue weighted by molar-refractivity contribution is 0.102. The van der Waals surface area contributed by atoms with Crippen molar-refractivity contribution in [1.82, 2.24) is 0 Å². The van der Waals surface area contributed by atoms with E-state index in [9.17, 15) is 13.6 Å². The number of carbonyl (C=O) groups is 1. The molecule has 0 unspecified atom stereocenters. The molecule has 2 aromatic rings. The van der Waals surface area contributed by atoms with Gasteiger partial charge in [-0.05, 0) is 36.4 Å². The molecule has 98 valence electrons. The lowest BCUT2D eigenvalue weighted by Gasteiger charge is -2.08.